The molecular weight excluding hydrogens is 392 g/mol. The largest absolute Gasteiger partial charge is 0.379 e. The highest BCUT2D eigenvalue weighted by molar-refractivity contribution is 5.89. The van der Waals surface area contributed by atoms with Crippen LogP contribution < -0.4 is 11.0 Å². The van der Waals surface area contributed by atoms with Crippen LogP contribution in [0.2, 0.25) is 0 Å². The van der Waals surface area contributed by atoms with E-state index in [1.807, 2.05) is 24.3 Å². The van der Waals surface area contributed by atoms with Crippen LogP contribution in [-0.4, -0.2) is 59.0 Å². The van der Waals surface area contributed by atoms with Gasteiger partial charge in [-0.3, -0.25) is 9.47 Å². The van der Waals surface area contributed by atoms with E-state index in [1.165, 1.54) is 4.57 Å². The zero-order chi connectivity index (χ0) is 22.2. The van der Waals surface area contributed by atoms with Crippen molar-refractivity contribution in [2.75, 3.05) is 32.8 Å². The molecule has 1 saturated carbocycles. The molecule has 7 nitrogen and oxygen atoms in total. The molecule has 1 aliphatic heterocycles. The number of rotatable bonds is 4. The Morgan fingerprint density at radius 2 is 1.65 bits per heavy atom. The monoisotopic (exact) mass is 428 g/mol. The quantitative estimate of drug-likeness (QED) is 0.811. The molecule has 2 fully saturated rings. The van der Waals surface area contributed by atoms with Gasteiger partial charge in [0.1, 0.15) is 0 Å². The van der Waals surface area contributed by atoms with Gasteiger partial charge in [0.2, 0.25) is 0 Å². The summed E-state index contributed by atoms with van der Waals surface area (Å²) in [4.78, 5) is 28.9. The highest BCUT2D eigenvalue weighted by atomic mass is 16.5. The van der Waals surface area contributed by atoms with Gasteiger partial charge in [0.05, 0.1) is 24.2 Å². The number of carbonyl (C=O) groups excluding carboxylic acids is 1. The summed E-state index contributed by atoms with van der Waals surface area (Å²) in [5.74, 6) is 0. The van der Waals surface area contributed by atoms with Crippen molar-refractivity contribution >= 4 is 17.1 Å². The predicted molar refractivity (Wildman–Crippen MR) is 123 cm³/mol. The zero-order valence-corrected chi connectivity index (χ0v) is 19.3. The molecule has 7 heteroatoms. The number of hydrogen-bond acceptors (Lipinski definition) is 4. The smallest absolute Gasteiger partial charge is 0.337 e. The number of carbonyl (C=O) groups is 1. The van der Waals surface area contributed by atoms with Crippen molar-refractivity contribution in [1.82, 2.24) is 19.4 Å². The first kappa shape index (κ1) is 22.1. The van der Waals surface area contributed by atoms with Crippen molar-refractivity contribution < 1.29 is 9.53 Å². The number of nitrogens with one attached hydrogen (secondary N) is 1. The molecule has 0 atom stereocenters. The molecule has 0 unspecified atom stereocenters. The molecule has 1 aromatic carbocycles. The summed E-state index contributed by atoms with van der Waals surface area (Å²) in [5.41, 5.74) is 1.54. The number of hydrogen-bond donors (Lipinski definition) is 1. The van der Waals surface area contributed by atoms with Crippen molar-refractivity contribution in [3.63, 3.8) is 0 Å². The first-order valence-electron chi connectivity index (χ1n) is 11.5. The van der Waals surface area contributed by atoms with E-state index in [2.05, 4.69) is 37.9 Å². The maximum atomic E-state index is 13.3. The van der Waals surface area contributed by atoms with Crippen molar-refractivity contribution in [2.45, 2.75) is 59.5 Å². The van der Waals surface area contributed by atoms with Crippen LogP contribution in [0.5, 0.6) is 0 Å². The second-order valence-corrected chi connectivity index (χ2v) is 10.8. The highest BCUT2D eigenvalue weighted by Crippen LogP contribution is 2.45. The standard InChI is InChI=1S/C24H36N4O3/c1-23(2)15-18(16-24(3,4)17-23)25-21(29)28-20-8-6-5-7-19(20)27(22(28)30)10-9-26-11-13-31-14-12-26/h5-8,18H,9-17H2,1-4H3,(H,25,29). The van der Waals surface area contributed by atoms with E-state index in [1.54, 1.807) is 4.57 Å². The van der Waals surface area contributed by atoms with Gasteiger partial charge in [0.15, 0.2) is 0 Å². The molecule has 0 radical (unpaired) electrons. The van der Waals surface area contributed by atoms with E-state index in [-0.39, 0.29) is 28.6 Å². The van der Waals surface area contributed by atoms with Crippen LogP contribution in [0.3, 0.4) is 0 Å². The number of amides is 1. The van der Waals surface area contributed by atoms with Crippen LogP contribution in [0, 0.1) is 10.8 Å². The second kappa shape index (κ2) is 8.43. The van der Waals surface area contributed by atoms with Gasteiger partial charge < -0.3 is 10.1 Å². The van der Waals surface area contributed by atoms with Gasteiger partial charge in [0, 0.05) is 32.2 Å². The molecule has 1 aromatic heterocycles. The Bertz CT molecular complexity index is 982. The van der Waals surface area contributed by atoms with E-state index in [9.17, 15) is 9.59 Å². The average Bonchev–Trinajstić information content (AvgIpc) is 2.96. The van der Waals surface area contributed by atoms with Crippen LogP contribution >= 0.6 is 0 Å². The molecule has 1 amide bonds. The molecule has 0 bridgehead atoms. The Hall–Kier alpha value is -2.12. The maximum absolute atomic E-state index is 13.3. The molecule has 1 aliphatic carbocycles. The summed E-state index contributed by atoms with van der Waals surface area (Å²) in [6.07, 6.45) is 2.98. The van der Waals surface area contributed by atoms with Crippen molar-refractivity contribution in [1.29, 1.82) is 0 Å². The molecule has 4 rings (SSSR count). The fourth-order valence-corrected chi connectivity index (χ4v) is 5.87. The number of morpholine rings is 1. The number of nitrogens with zero attached hydrogens (tertiary/aromatic N) is 3. The molecule has 1 N–H and O–H groups in total. The van der Waals surface area contributed by atoms with E-state index in [0.717, 1.165) is 57.6 Å². The van der Waals surface area contributed by atoms with Crippen molar-refractivity contribution in [3.8, 4) is 0 Å². The Morgan fingerprint density at radius 1 is 1.03 bits per heavy atom. The number of imidazole rings is 1. The van der Waals surface area contributed by atoms with Gasteiger partial charge in [0.25, 0.3) is 0 Å². The number of aromatic nitrogens is 2. The molecule has 170 valence electrons. The van der Waals surface area contributed by atoms with Crippen LogP contribution in [0.15, 0.2) is 29.1 Å². The van der Waals surface area contributed by atoms with Gasteiger partial charge in [-0.05, 0) is 42.2 Å². The maximum Gasteiger partial charge on any atom is 0.337 e. The number of para-hydroxylation sites is 2. The van der Waals surface area contributed by atoms with Crippen molar-refractivity contribution in [3.05, 3.63) is 34.7 Å². The minimum Gasteiger partial charge on any atom is -0.379 e. The predicted octanol–water partition coefficient (Wildman–Crippen LogP) is 3.30. The zero-order valence-electron chi connectivity index (χ0n) is 19.3. The molecule has 31 heavy (non-hydrogen) atoms. The summed E-state index contributed by atoms with van der Waals surface area (Å²) < 4.78 is 8.47. The third-order valence-corrected chi connectivity index (χ3v) is 6.66. The molecule has 2 aromatic rings. The lowest BCUT2D eigenvalue weighted by Crippen LogP contribution is -2.49. The number of benzene rings is 1. The summed E-state index contributed by atoms with van der Waals surface area (Å²) in [7, 11) is 0. The Kier molecular flexibility index (Phi) is 6.01. The first-order chi connectivity index (χ1) is 14.7. The normalized spacial score (nSPS) is 21.9. The summed E-state index contributed by atoms with van der Waals surface area (Å²) >= 11 is 0. The van der Waals surface area contributed by atoms with E-state index in [4.69, 9.17) is 4.74 Å². The fraction of sp³-hybridized carbons (Fsp3) is 0.667. The highest BCUT2D eigenvalue weighted by Gasteiger charge is 2.39. The molecule has 0 spiro atoms. The summed E-state index contributed by atoms with van der Waals surface area (Å²) in [5, 5.41) is 3.18. The van der Waals surface area contributed by atoms with Crippen LogP contribution in [0.1, 0.15) is 47.0 Å². The van der Waals surface area contributed by atoms with Gasteiger partial charge >= 0.3 is 11.7 Å². The lowest BCUT2D eigenvalue weighted by molar-refractivity contribution is 0.0364. The molecular formula is C24H36N4O3. The topological polar surface area (TPSA) is 68.5 Å². The molecule has 2 aliphatic rings. The van der Waals surface area contributed by atoms with Crippen LogP contribution in [-0.2, 0) is 11.3 Å². The summed E-state index contributed by atoms with van der Waals surface area (Å²) in [6, 6.07) is 7.33. The van der Waals surface area contributed by atoms with E-state index in [0.29, 0.717) is 12.1 Å². The second-order valence-electron chi connectivity index (χ2n) is 10.8. The van der Waals surface area contributed by atoms with E-state index < -0.39 is 0 Å². The molecule has 1 saturated heterocycles. The lowest BCUT2D eigenvalue weighted by Gasteiger charge is -2.45. The SMILES string of the molecule is CC1(C)CC(NC(=O)n2c(=O)n(CCN3CCOCC3)c3ccccc32)CC(C)(C)C1. The van der Waals surface area contributed by atoms with Gasteiger partial charge in [-0.15, -0.1) is 0 Å². The number of ether oxygens (including phenoxy) is 1. The Morgan fingerprint density at radius 3 is 2.29 bits per heavy atom. The minimum atomic E-state index is -0.315. The van der Waals surface area contributed by atoms with Gasteiger partial charge in [-0.25, -0.2) is 14.2 Å². The Balaban J connectivity index is 1.58. The van der Waals surface area contributed by atoms with Crippen LogP contribution in [0.25, 0.3) is 11.0 Å². The van der Waals surface area contributed by atoms with Gasteiger partial charge in [-0.1, -0.05) is 39.8 Å². The third-order valence-electron chi connectivity index (χ3n) is 6.66. The van der Waals surface area contributed by atoms with Gasteiger partial charge in [-0.2, -0.15) is 0 Å². The van der Waals surface area contributed by atoms with Crippen molar-refractivity contribution in [2.24, 2.45) is 10.8 Å². The minimum absolute atomic E-state index is 0.0635. The van der Waals surface area contributed by atoms with E-state index >= 15 is 0 Å². The fourth-order valence-electron chi connectivity index (χ4n) is 5.87. The van der Waals surface area contributed by atoms with Crippen LogP contribution in [0.4, 0.5) is 4.79 Å². The average molecular weight is 429 g/mol. The molecule has 2 heterocycles. The number of fused-ring (bicyclic) bond motifs is 1. The first-order valence-corrected chi connectivity index (χ1v) is 11.5. The lowest BCUT2D eigenvalue weighted by atomic mass is 9.63. The summed E-state index contributed by atoms with van der Waals surface area (Å²) in [6.45, 7) is 13.6. The Labute approximate surface area is 184 Å². The third kappa shape index (κ3) is 4.88.